The average Bonchev–Trinajstić information content (AvgIpc) is 2.61. The van der Waals surface area contributed by atoms with E-state index in [9.17, 15) is 0 Å². The second-order valence-corrected chi connectivity index (χ2v) is 6.73. The van der Waals surface area contributed by atoms with Crippen molar-refractivity contribution in [1.29, 1.82) is 0 Å². The van der Waals surface area contributed by atoms with Crippen LogP contribution in [0.15, 0.2) is 0 Å². The molecule has 2 heterocycles. The molecule has 4 heteroatoms. The molecule has 0 aromatic carbocycles. The zero-order valence-electron chi connectivity index (χ0n) is 13.0. The maximum atomic E-state index is 6.25. The average molecular weight is 269 g/mol. The summed E-state index contributed by atoms with van der Waals surface area (Å²) in [6, 6.07) is 0. The molecule has 1 atom stereocenters. The van der Waals surface area contributed by atoms with Crippen molar-refractivity contribution < 1.29 is 4.74 Å². The van der Waals surface area contributed by atoms with Crippen LogP contribution in [0.25, 0.3) is 0 Å². The number of nitrogens with zero attached hydrogens (tertiary/aromatic N) is 2. The molecule has 0 spiro atoms. The largest absolute Gasteiger partial charge is 0.378 e. The highest BCUT2D eigenvalue weighted by molar-refractivity contribution is 5.01. The van der Waals surface area contributed by atoms with Crippen LogP contribution in [-0.2, 0) is 4.74 Å². The number of likely N-dealkylation sites (tertiary alicyclic amines) is 1. The third-order valence-electron chi connectivity index (χ3n) is 5.05. The Hall–Kier alpha value is -0.160. The van der Waals surface area contributed by atoms with Gasteiger partial charge in [-0.15, -0.1) is 0 Å². The highest BCUT2D eigenvalue weighted by Gasteiger charge is 2.45. The fourth-order valence-corrected chi connectivity index (χ4v) is 3.87. The lowest BCUT2D eigenvalue weighted by Gasteiger charge is -2.53. The van der Waals surface area contributed by atoms with E-state index in [0.29, 0.717) is 0 Å². The molecule has 2 aliphatic rings. The monoisotopic (exact) mass is 269 g/mol. The van der Waals surface area contributed by atoms with E-state index in [1.807, 2.05) is 0 Å². The molecular weight excluding hydrogens is 238 g/mol. The SMILES string of the molecule is CCN1CCCC(CN)(N2CCOCC2(C)C)CC1. The summed E-state index contributed by atoms with van der Waals surface area (Å²) in [7, 11) is 0. The Morgan fingerprint density at radius 1 is 1.16 bits per heavy atom. The lowest BCUT2D eigenvalue weighted by atomic mass is 9.83. The molecule has 112 valence electrons. The molecule has 0 aliphatic carbocycles. The van der Waals surface area contributed by atoms with Crippen LogP contribution in [0, 0.1) is 0 Å². The minimum Gasteiger partial charge on any atom is -0.378 e. The summed E-state index contributed by atoms with van der Waals surface area (Å²) < 4.78 is 5.68. The van der Waals surface area contributed by atoms with Gasteiger partial charge in [-0.2, -0.15) is 0 Å². The van der Waals surface area contributed by atoms with Crippen molar-refractivity contribution in [3.05, 3.63) is 0 Å². The highest BCUT2D eigenvalue weighted by atomic mass is 16.5. The van der Waals surface area contributed by atoms with Gasteiger partial charge >= 0.3 is 0 Å². The van der Waals surface area contributed by atoms with E-state index >= 15 is 0 Å². The first-order valence-electron chi connectivity index (χ1n) is 7.82. The molecule has 2 aliphatic heterocycles. The molecule has 0 amide bonds. The van der Waals surface area contributed by atoms with Crippen molar-refractivity contribution in [1.82, 2.24) is 9.80 Å². The second kappa shape index (κ2) is 6.08. The Morgan fingerprint density at radius 2 is 1.95 bits per heavy atom. The fraction of sp³-hybridized carbons (Fsp3) is 1.00. The molecule has 0 aromatic rings. The van der Waals surface area contributed by atoms with Gasteiger partial charge in [0.2, 0.25) is 0 Å². The molecule has 0 bridgehead atoms. The van der Waals surface area contributed by atoms with Crippen molar-refractivity contribution in [3.8, 4) is 0 Å². The zero-order chi connectivity index (χ0) is 13.9. The number of nitrogens with two attached hydrogens (primary N) is 1. The van der Waals surface area contributed by atoms with Gasteiger partial charge in [0.1, 0.15) is 0 Å². The van der Waals surface area contributed by atoms with Crippen LogP contribution in [0.5, 0.6) is 0 Å². The van der Waals surface area contributed by atoms with Crippen molar-refractivity contribution in [3.63, 3.8) is 0 Å². The van der Waals surface area contributed by atoms with Gasteiger partial charge in [-0.3, -0.25) is 4.90 Å². The van der Waals surface area contributed by atoms with Gasteiger partial charge in [-0.1, -0.05) is 6.92 Å². The van der Waals surface area contributed by atoms with E-state index in [4.69, 9.17) is 10.5 Å². The quantitative estimate of drug-likeness (QED) is 0.838. The molecular formula is C15H31N3O. The smallest absolute Gasteiger partial charge is 0.0645 e. The van der Waals surface area contributed by atoms with Gasteiger partial charge in [-0.05, 0) is 52.7 Å². The number of ether oxygens (including phenoxy) is 1. The summed E-state index contributed by atoms with van der Waals surface area (Å²) in [6.07, 6.45) is 3.68. The first-order chi connectivity index (χ1) is 9.04. The van der Waals surface area contributed by atoms with E-state index in [2.05, 4.69) is 30.6 Å². The normalized spacial score (nSPS) is 34.1. The van der Waals surface area contributed by atoms with Crippen LogP contribution in [0.3, 0.4) is 0 Å². The third kappa shape index (κ3) is 3.13. The molecule has 0 saturated carbocycles. The van der Waals surface area contributed by atoms with Crippen LogP contribution >= 0.6 is 0 Å². The fourth-order valence-electron chi connectivity index (χ4n) is 3.87. The lowest BCUT2D eigenvalue weighted by molar-refractivity contribution is -0.107. The minimum atomic E-state index is 0.110. The number of hydrogen-bond acceptors (Lipinski definition) is 4. The molecule has 4 nitrogen and oxygen atoms in total. The Bertz CT molecular complexity index is 295. The number of morpholine rings is 1. The van der Waals surface area contributed by atoms with Crippen LogP contribution in [-0.4, -0.2) is 66.8 Å². The summed E-state index contributed by atoms with van der Waals surface area (Å²) in [5.41, 5.74) is 6.53. The highest BCUT2D eigenvalue weighted by Crippen LogP contribution is 2.35. The van der Waals surface area contributed by atoms with Gasteiger partial charge in [0.05, 0.1) is 13.2 Å². The van der Waals surface area contributed by atoms with E-state index in [1.165, 1.54) is 32.4 Å². The van der Waals surface area contributed by atoms with Crippen LogP contribution in [0.4, 0.5) is 0 Å². The number of rotatable bonds is 3. The van der Waals surface area contributed by atoms with E-state index in [-0.39, 0.29) is 11.1 Å². The van der Waals surface area contributed by atoms with E-state index in [0.717, 1.165) is 32.8 Å². The first-order valence-corrected chi connectivity index (χ1v) is 7.82. The van der Waals surface area contributed by atoms with Gasteiger partial charge in [0.15, 0.2) is 0 Å². The standard InChI is InChI=1S/C15H31N3O/c1-4-17-8-5-6-15(12-16,7-9-17)18-10-11-19-13-14(18,2)3/h4-13,16H2,1-3H3. The van der Waals surface area contributed by atoms with Crippen molar-refractivity contribution >= 4 is 0 Å². The maximum Gasteiger partial charge on any atom is 0.0645 e. The molecule has 2 fully saturated rings. The predicted molar refractivity (Wildman–Crippen MR) is 79.4 cm³/mol. The Balaban J connectivity index is 2.16. The molecule has 2 saturated heterocycles. The Kier molecular flexibility index (Phi) is 4.88. The molecule has 1 unspecified atom stereocenters. The lowest BCUT2D eigenvalue weighted by Crippen LogP contribution is -2.66. The van der Waals surface area contributed by atoms with Crippen molar-refractivity contribution in [2.75, 3.05) is 45.9 Å². The van der Waals surface area contributed by atoms with Crippen LogP contribution in [0.2, 0.25) is 0 Å². The Labute approximate surface area is 118 Å². The van der Waals surface area contributed by atoms with Gasteiger partial charge < -0.3 is 15.4 Å². The Morgan fingerprint density at radius 3 is 2.58 bits per heavy atom. The van der Waals surface area contributed by atoms with Crippen LogP contribution < -0.4 is 5.73 Å². The van der Waals surface area contributed by atoms with Gasteiger partial charge in [0, 0.05) is 24.2 Å². The molecule has 19 heavy (non-hydrogen) atoms. The maximum absolute atomic E-state index is 6.25. The summed E-state index contributed by atoms with van der Waals surface area (Å²) in [6.45, 7) is 13.9. The molecule has 2 N–H and O–H groups in total. The number of hydrogen-bond donors (Lipinski definition) is 1. The van der Waals surface area contributed by atoms with Crippen molar-refractivity contribution in [2.45, 2.75) is 51.1 Å². The summed E-state index contributed by atoms with van der Waals surface area (Å²) >= 11 is 0. The van der Waals surface area contributed by atoms with E-state index in [1.54, 1.807) is 0 Å². The topological polar surface area (TPSA) is 41.7 Å². The first kappa shape index (κ1) is 15.2. The zero-order valence-corrected chi connectivity index (χ0v) is 13.0. The predicted octanol–water partition coefficient (Wildman–Crippen LogP) is 1.30. The van der Waals surface area contributed by atoms with E-state index < -0.39 is 0 Å². The molecule has 0 aromatic heterocycles. The van der Waals surface area contributed by atoms with Gasteiger partial charge in [0.25, 0.3) is 0 Å². The summed E-state index contributed by atoms with van der Waals surface area (Å²) in [4.78, 5) is 5.22. The second-order valence-electron chi connectivity index (χ2n) is 6.73. The van der Waals surface area contributed by atoms with Gasteiger partial charge in [-0.25, -0.2) is 0 Å². The molecule has 2 rings (SSSR count). The molecule has 0 radical (unpaired) electrons. The minimum absolute atomic E-state index is 0.110. The van der Waals surface area contributed by atoms with Crippen molar-refractivity contribution in [2.24, 2.45) is 5.73 Å². The third-order valence-corrected chi connectivity index (χ3v) is 5.05. The summed E-state index contributed by atoms with van der Waals surface area (Å²) in [5.74, 6) is 0. The summed E-state index contributed by atoms with van der Waals surface area (Å²) in [5, 5.41) is 0. The van der Waals surface area contributed by atoms with Crippen LogP contribution in [0.1, 0.15) is 40.0 Å².